The zero-order chi connectivity index (χ0) is 20.8. The number of nitrogens with zero attached hydrogens (tertiary/aromatic N) is 4. The van der Waals surface area contributed by atoms with E-state index in [1.165, 1.54) is 32.1 Å². The zero-order valence-corrected chi connectivity index (χ0v) is 17.7. The molecule has 1 aromatic carbocycles. The van der Waals surface area contributed by atoms with E-state index < -0.39 is 0 Å². The van der Waals surface area contributed by atoms with Crippen LogP contribution < -0.4 is 5.69 Å². The molecule has 2 saturated carbocycles. The van der Waals surface area contributed by atoms with Gasteiger partial charge in [-0.1, -0.05) is 19.3 Å². The summed E-state index contributed by atoms with van der Waals surface area (Å²) in [6, 6.07) is 5.91. The molecule has 0 N–H and O–H groups in total. The summed E-state index contributed by atoms with van der Waals surface area (Å²) in [6.45, 7) is 1.94. The molecule has 2 heterocycles. The topological polar surface area (TPSA) is 67.5 Å². The highest BCUT2D eigenvalue weighted by Gasteiger charge is 2.29. The molecular formula is C23H30N4O3. The van der Waals surface area contributed by atoms with Crippen molar-refractivity contribution >= 4 is 22.8 Å². The molecule has 0 radical (unpaired) electrons. The zero-order valence-electron chi connectivity index (χ0n) is 17.7. The van der Waals surface area contributed by atoms with Gasteiger partial charge in [0, 0.05) is 38.3 Å². The van der Waals surface area contributed by atoms with E-state index in [4.69, 9.17) is 0 Å². The van der Waals surface area contributed by atoms with Crippen LogP contribution in [0.15, 0.2) is 23.0 Å². The van der Waals surface area contributed by atoms with E-state index in [2.05, 4.69) is 0 Å². The molecule has 7 nitrogen and oxygen atoms in total. The summed E-state index contributed by atoms with van der Waals surface area (Å²) in [6.07, 6.45) is 8.02. The molecule has 30 heavy (non-hydrogen) atoms. The Morgan fingerprint density at radius 3 is 2.47 bits per heavy atom. The van der Waals surface area contributed by atoms with Gasteiger partial charge in [0.05, 0.1) is 11.0 Å². The molecule has 2 aliphatic carbocycles. The van der Waals surface area contributed by atoms with Crippen LogP contribution in [0.1, 0.15) is 61.3 Å². The lowest BCUT2D eigenvalue weighted by atomic mass is 9.95. The summed E-state index contributed by atoms with van der Waals surface area (Å²) < 4.78 is 3.89. The molecule has 2 amide bonds. The van der Waals surface area contributed by atoms with Gasteiger partial charge in [-0.15, -0.1) is 0 Å². The molecule has 5 rings (SSSR count). The average molecular weight is 411 g/mol. The molecule has 0 unspecified atom stereocenters. The number of carbonyl (C=O) groups excluding carboxylic acids is 2. The minimum absolute atomic E-state index is 0.0372. The fourth-order valence-corrected chi connectivity index (χ4v) is 4.95. The van der Waals surface area contributed by atoms with Gasteiger partial charge in [0.25, 0.3) is 5.91 Å². The van der Waals surface area contributed by atoms with E-state index in [-0.39, 0.29) is 30.1 Å². The first kappa shape index (κ1) is 19.4. The number of carbonyl (C=O) groups is 2. The van der Waals surface area contributed by atoms with Crippen molar-refractivity contribution in [3.63, 3.8) is 0 Å². The summed E-state index contributed by atoms with van der Waals surface area (Å²) in [5.41, 5.74) is 2.44. The summed E-state index contributed by atoms with van der Waals surface area (Å²) in [5.74, 6) is 0.404. The summed E-state index contributed by atoms with van der Waals surface area (Å²) in [7, 11) is 1.76. The molecule has 1 aromatic heterocycles. The van der Waals surface area contributed by atoms with Crippen LogP contribution in [0.25, 0.3) is 11.0 Å². The van der Waals surface area contributed by atoms with E-state index in [1.54, 1.807) is 16.8 Å². The Hall–Kier alpha value is -2.57. The van der Waals surface area contributed by atoms with Crippen molar-refractivity contribution in [3.8, 4) is 0 Å². The molecule has 0 atom stereocenters. The number of hydrogen-bond donors (Lipinski definition) is 0. The average Bonchev–Trinajstić information content (AvgIpc) is 3.54. The Labute approximate surface area is 176 Å². The van der Waals surface area contributed by atoms with Gasteiger partial charge in [0.1, 0.15) is 6.54 Å². The number of benzene rings is 1. The third-order valence-electron chi connectivity index (χ3n) is 7.03. The molecule has 3 fully saturated rings. The number of hydrogen-bond acceptors (Lipinski definition) is 3. The van der Waals surface area contributed by atoms with Crippen molar-refractivity contribution < 1.29 is 9.59 Å². The first-order chi connectivity index (χ1) is 14.5. The Kier molecular flexibility index (Phi) is 4.91. The van der Waals surface area contributed by atoms with Gasteiger partial charge in [-0.25, -0.2) is 4.79 Å². The van der Waals surface area contributed by atoms with E-state index in [0.29, 0.717) is 24.6 Å². The third kappa shape index (κ3) is 3.44. The highest BCUT2D eigenvalue weighted by atomic mass is 16.2. The lowest BCUT2D eigenvalue weighted by Crippen LogP contribution is -2.50. The number of aromatic nitrogens is 2. The summed E-state index contributed by atoms with van der Waals surface area (Å²) >= 11 is 0. The van der Waals surface area contributed by atoms with Crippen molar-refractivity contribution in [2.75, 3.05) is 26.7 Å². The molecule has 0 spiro atoms. The van der Waals surface area contributed by atoms with Crippen molar-refractivity contribution in [2.24, 2.45) is 5.92 Å². The van der Waals surface area contributed by atoms with Crippen LogP contribution >= 0.6 is 0 Å². The minimum Gasteiger partial charge on any atom is -0.342 e. The molecule has 7 heteroatoms. The Morgan fingerprint density at radius 2 is 1.77 bits per heavy atom. The van der Waals surface area contributed by atoms with Gasteiger partial charge in [0.2, 0.25) is 5.91 Å². The highest BCUT2D eigenvalue weighted by molar-refractivity contribution is 5.99. The van der Waals surface area contributed by atoms with E-state index in [1.807, 2.05) is 27.3 Å². The predicted molar refractivity (Wildman–Crippen MR) is 115 cm³/mol. The monoisotopic (exact) mass is 410 g/mol. The Morgan fingerprint density at radius 1 is 1.00 bits per heavy atom. The molecule has 3 aliphatic rings. The predicted octanol–water partition coefficient (Wildman–Crippen LogP) is 2.63. The first-order valence-electron chi connectivity index (χ1n) is 11.3. The van der Waals surface area contributed by atoms with Gasteiger partial charge >= 0.3 is 5.69 Å². The number of rotatable bonds is 4. The second kappa shape index (κ2) is 7.60. The van der Waals surface area contributed by atoms with Crippen LogP contribution in [-0.2, 0) is 11.3 Å². The molecule has 160 valence electrons. The number of likely N-dealkylation sites (N-methyl/N-ethyl adjacent to an activating group) is 1. The molecule has 1 saturated heterocycles. The maximum absolute atomic E-state index is 13.4. The van der Waals surface area contributed by atoms with E-state index in [9.17, 15) is 14.4 Å². The number of imidazole rings is 1. The fourth-order valence-electron chi connectivity index (χ4n) is 4.95. The SMILES string of the molecule is CN1CCN(C(=O)c2ccc3c(c2)n(CC2CC2)c(=O)n3C2CCCCC2)CC1=O. The first-order valence-corrected chi connectivity index (χ1v) is 11.3. The highest BCUT2D eigenvalue weighted by Crippen LogP contribution is 2.34. The van der Waals surface area contributed by atoms with Crippen LogP contribution in [0.2, 0.25) is 0 Å². The third-order valence-corrected chi connectivity index (χ3v) is 7.03. The van der Waals surface area contributed by atoms with Gasteiger partial charge in [-0.05, 0) is 49.8 Å². The lowest BCUT2D eigenvalue weighted by Gasteiger charge is -2.32. The standard InChI is InChI=1S/C23H30N4O3/c1-24-11-12-25(15-21(24)28)22(29)17-9-10-19-20(13-17)26(14-16-7-8-16)23(30)27(19)18-5-3-2-4-6-18/h9-10,13,16,18H,2-8,11-12,14-15H2,1H3. The number of fused-ring (bicyclic) bond motifs is 1. The summed E-state index contributed by atoms with van der Waals surface area (Å²) in [4.78, 5) is 41.8. The smallest absolute Gasteiger partial charge is 0.329 e. The van der Waals surface area contributed by atoms with Gasteiger partial charge in [0.15, 0.2) is 0 Å². The van der Waals surface area contributed by atoms with Gasteiger partial charge in [-0.3, -0.25) is 18.7 Å². The van der Waals surface area contributed by atoms with E-state index in [0.717, 1.165) is 30.4 Å². The largest absolute Gasteiger partial charge is 0.342 e. The van der Waals surface area contributed by atoms with E-state index >= 15 is 0 Å². The van der Waals surface area contributed by atoms with Crippen LogP contribution in [0, 0.1) is 5.92 Å². The maximum Gasteiger partial charge on any atom is 0.329 e. The molecule has 2 aromatic rings. The van der Waals surface area contributed by atoms with Crippen molar-refractivity contribution in [3.05, 3.63) is 34.2 Å². The molecular weight excluding hydrogens is 380 g/mol. The number of amides is 2. The number of piperazine rings is 1. The van der Waals surface area contributed by atoms with Crippen molar-refractivity contribution in [1.29, 1.82) is 0 Å². The Balaban J connectivity index is 1.53. The van der Waals surface area contributed by atoms with Gasteiger partial charge in [-0.2, -0.15) is 0 Å². The second-order valence-electron chi connectivity index (χ2n) is 9.24. The normalized spacial score (nSPS) is 20.9. The van der Waals surface area contributed by atoms with Crippen LogP contribution in [-0.4, -0.2) is 57.4 Å². The van der Waals surface area contributed by atoms with Crippen LogP contribution in [0.5, 0.6) is 0 Å². The van der Waals surface area contributed by atoms with Crippen molar-refractivity contribution in [1.82, 2.24) is 18.9 Å². The lowest BCUT2D eigenvalue weighted by molar-refractivity contribution is -0.133. The van der Waals surface area contributed by atoms with Gasteiger partial charge < -0.3 is 9.80 Å². The quantitative estimate of drug-likeness (QED) is 0.778. The van der Waals surface area contributed by atoms with Crippen molar-refractivity contribution in [2.45, 2.75) is 57.5 Å². The van der Waals surface area contributed by atoms with Crippen LogP contribution in [0.4, 0.5) is 0 Å². The second-order valence-corrected chi connectivity index (χ2v) is 9.24. The fraction of sp³-hybridized carbons (Fsp3) is 0.609. The molecule has 1 aliphatic heterocycles. The van der Waals surface area contributed by atoms with Crippen LogP contribution in [0.3, 0.4) is 0 Å². The summed E-state index contributed by atoms with van der Waals surface area (Å²) in [5, 5.41) is 0. The maximum atomic E-state index is 13.4. The Bertz CT molecular complexity index is 1040. The minimum atomic E-state index is -0.130. The molecule has 0 bridgehead atoms.